The van der Waals surface area contributed by atoms with Crippen molar-refractivity contribution < 1.29 is 24.2 Å². The number of benzene rings is 1. The Labute approximate surface area is 147 Å². The van der Waals surface area contributed by atoms with Crippen molar-refractivity contribution in [3.8, 4) is 0 Å². The maximum atomic E-state index is 12.0. The average Bonchev–Trinajstić information content (AvgIpc) is 2.54. The number of nitrogens with one attached hydrogen (secondary N) is 1. The van der Waals surface area contributed by atoms with Gasteiger partial charge in [-0.15, -0.1) is 0 Å². The molecule has 0 aromatic heterocycles. The lowest BCUT2D eigenvalue weighted by Gasteiger charge is -2.36. The summed E-state index contributed by atoms with van der Waals surface area (Å²) in [5, 5.41) is 12.9. The minimum atomic E-state index is -0.870. The summed E-state index contributed by atoms with van der Waals surface area (Å²) >= 11 is 0. The van der Waals surface area contributed by atoms with E-state index in [2.05, 4.69) is 5.32 Å². The maximum absolute atomic E-state index is 12.0. The van der Waals surface area contributed by atoms with Crippen LogP contribution in [0.5, 0.6) is 0 Å². The van der Waals surface area contributed by atoms with Crippen LogP contribution in [0.3, 0.4) is 0 Å². The van der Waals surface area contributed by atoms with Crippen LogP contribution in [-0.4, -0.2) is 53.0 Å². The topological polar surface area (TPSA) is 88.1 Å². The van der Waals surface area contributed by atoms with E-state index in [-0.39, 0.29) is 13.2 Å². The van der Waals surface area contributed by atoms with E-state index in [1.54, 1.807) is 20.8 Å². The minimum absolute atomic E-state index is 0.110. The summed E-state index contributed by atoms with van der Waals surface area (Å²) < 4.78 is 10.4. The van der Waals surface area contributed by atoms with E-state index < -0.39 is 29.9 Å². The van der Waals surface area contributed by atoms with Crippen molar-refractivity contribution in [2.24, 2.45) is 0 Å². The van der Waals surface area contributed by atoms with Crippen molar-refractivity contribution in [2.75, 3.05) is 13.1 Å². The van der Waals surface area contributed by atoms with Crippen LogP contribution >= 0.6 is 0 Å². The standard InChI is InChI=1S/C18H26N2O5/c1-18(2,3)25-17(23)20-10-9-14(15(21)11-20)19-16(22)24-12-13-7-5-4-6-8-13/h4-8,14-15,21H,9-12H2,1-3H3,(H,19,22). The zero-order valence-electron chi connectivity index (χ0n) is 14.9. The van der Waals surface area contributed by atoms with Gasteiger partial charge in [0.15, 0.2) is 0 Å². The Balaban J connectivity index is 1.77. The van der Waals surface area contributed by atoms with Crippen LogP contribution in [0.15, 0.2) is 30.3 Å². The molecule has 2 atom stereocenters. The highest BCUT2D eigenvalue weighted by atomic mass is 16.6. The molecule has 2 N–H and O–H groups in total. The van der Waals surface area contributed by atoms with Gasteiger partial charge in [0.1, 0.15) is 12.2 Å². The number of piperidine rings is 1. The Morgan fingerprint density at radius 1 is 1.28 bits per heavy atom. The van der Waals surface area contributed by atoms with E-state index in [1.165, 1.54) is 4.90 Å². The van der Waals surface area contributed by atoms with Gasteiger partial charge in [0, 0.05) is 6.54 Å². The smallest absolute Gasteiger partial charge is 0.410 e. The molecule has 1 aliphatic rings. The van der Waals surface area contributed by atoms with E-state index in [1.807, 2.05) is 30.3 Å². The number of carbonyl (C=O) groups is 2. The summed E-state index contributed by atoms with van der Waals surface area (Å²) in [6.45, 7) is 6.04. The summed E-state index contributed by atoms with van der Waals surface area (Å²) in [4.78, 5) is 25.4. The second-order valence-corrected chi connectivity index (χ2v) is 7.09. The van der Waals surface area contributed by atoms with Crippen LogP contribution in [0.1, 0.15) is 32.8 Å². The van der Waals surface area contributed by atoms with Gasteiger partial charge < -0.3 is 24.8 Å². The highest BCUT2D eigenvalue weighted by Gasteiger charge is 2.33. The third-order valence-corrected chi connectivity index (χ3v) is 3.75. The molecule has 1 aromatic rings. The van der Waals surface area contributed by atoms with E-state index in [0.717, 1.165) is 5.56 Å². The molecule has 2 amide bonds. The third kappa shape index (κ3) is 6.26. The van der Waals surface area contributed by atoms with E-state index >= 15 is 0 Å². The van der Waals surface area contributed by atoms with Crippen molar-refractivity contribution in [3.63, 3.8) is 0 Å². The van der Waals surface area contributed by atoms with Crippen LogP contribution in [-0.2, 0) is 16.1 Å². The van der Waals surface area contributed by atoms with Crippen molar-refractivity contribution in [3.05, 3.63) is 35.9 Å². The lowest BCUT2D eigenvalue weighted by molar-refractivity contribution is -0.00475. The number of rotatable bonds is 3. The first kappa shape index (κ1) is 19.1. The van der Waals surface area contributed by atoms with Crippen LogP contribution in [0.2, 0.25) is 0 Å². The number of aliphatic hydroxyl groups excluding tert-OH is 1. The zero-order valence-corrected chi connectivity index (χ0v) is 14.9. The summed E-state index contributed by atoms with van der Waals surface area (Å²) in [6, 6.07) is 8.89. The van der Waals surface area contributed by atoms with Crippen molar-refractivity contribution in [1.82, 2.24) is 10.2 Å². The molecule has 1 heterocycles. The van der Waals surface area contributed by atoms with Gasteiger partial charge in [0.25, 0.3) is 0 Å². The Morgan fingerprint density at radius 3 is 2.56 bits per heavy atom. The van der Waals surface area contributed by atoms with Gasteiger partial charge >= 0.3 is 12.2 Å². The predicted molar refractivity (Wildman–Crippen MR) is 92.0 cm³/mol. The molecule has 0 saturated carbocycles. The summed E-state index contributed by atoms with van der Waals surface area (Å²) in [6.07, 6.45) is -1.48. The van der Waals surface area contributed by atoms with E-state index in [0.29, 0.717) is 13.0 Å². The Bertz CT molecular complexity index is 585. The number of aliphatic hydroxyl groups is 1. The highest BCUT2D eigenvalue weighted by molar-refractivity contribution is 5.69. The molecule has 25 heavy (non-hydrogen) atoms. The van der Waals surface area contributed by atoms with Crippen LogP contribution in [0.25, 0.3) is 0 Å². The summed E-state index contributed by atoms with van der Waals surface area (Å²) in [5.74, 6) is 0. The molecule has 0 aliphatic carbocycles. The molecule has 0 radical (unpaired) electrons. The van der Waals surface area contributed by atoms with Crippen LogP contribution < -0.4 is 5.32 Å². The summed E-state index contributed by atoms with van der Waals surface area (Å²) in [5.41, 5.74) is 0.302. The fourth-order valence-corrected chi connectivity index (χ4v) is 2.51. The number of alkyl carbamates (subject to hydrolysis) is 1. The zero-order chi connectivity index (χ0) is 18.4. The molecule has 0 spiro atoms. The number of ether oxygens (including phenoxy) is 2. The molecular weight excluding hydrogens is 324 g/mol. The van der Waals surface area contributed by atoms with E-state index in [4.69, 9.17) is 9.47 Å². The first-order valence-corrected chi connectivity index (χ1v) is 8.38. The Hall–Kier alpha value is -2.28. The second-order valence-electron chi connectivity index (χ2n) is 7.09. The molecule has 1 fully saturated rings. The number of β-amino-alcohol motifs (C(OH)–C–C–N with tert-alkyl or cyclic N) is 1. The summed E-state index contributed by atoms with van der Waals surface area (Å²) in [7, 11) is 0. The SMILES string of the molecule is CC(C)(C)OC(=O)N1CCC(NC(=O)OCc2ccccc2)C(O)C1. The molecule has 2 unspecified atom stereocenters. The van der Waals surface area contributed by atoms with E-state index in [9.17, 15) is 14.7 Å². The third-order valence-electron chi connectivity index (χ3n) is 3.75. The predicted octanol–water partition coefficient (Wildman–Crippen LogP) is 2.28. The molecule has 2 rings (SSSR count). The number of carbonyl (C=O) groups excluding carboxylic acids is 2. The molecule has 138 valence electrons. The minimum Gasteiger partial charge on any atom is -0.445 e. The van der Waals surface area contributed by atoms with Crippen LogP contribution in [0, 0.1) is 0 Å². The monoisotopic (exact) mass is 350 g/mol. The van der Waals surface area contributed by atoms with Crippen molar-refractivity contribution in [1.29, 1.82) is 0 Å². The first-order chi connectivity index (χ1) is 11.7. The maximum Gasteiger partial charge on any atom is 0.410 e. The molecule has 1 saturated heterocycles. The molecule has 0 bridgehead atoms. The lowest BCUT2D eigenvalue weighted by atomic mass is 10.0. The number of hydrogen-bond acceptors (Lipinski definition) is 5. The molecular formula is C18H26N2O5. The molecule has 1 aromatic carbocycles. The Morgan fingerprint density at radius 2 is 1.96 bits per heavy atom. The Kier molecular flexibility index (Phi) is 6.25. The van der Waals surface area contributed by atoms with Crippen molar-refractivity contribution >= 4 is 12.2 Å². The fraction of sp³-hybridized carbons (Fsp3) is 0.556. The van der Waals surface area contributed by atoms with Crippen molar-refractivity contribution in [2.45, 2.75) is 51.5 Å². The van der Waals surface area contributed by atoms with Gasteiger partial charge in [-0.2, -0.15) is 0 Å². The van der Waals surface area contributed by atoms with Gasteiger partial charge in [-0.3, -0.25) is 0 Å². The van der Waals surface area contributed by atoms with Gasteiger partial charge in [-0.1, -0.05) is 30.3 Å². The lowest BCUT2D eigenvalue weighted by Crippen LogP contribution is -2.56. The average molecular weight is 350 g/mol. The molecule has 1 aliphatic heterocycles. The number of amides is 2. The van der Waals surface area contributed by atoms with Crippen LogP contribution in [0.4, 0.5) is 9.59 Å². The molecule has 7 heteroatoms. The number of hydrogen-bond donors (Lipinski definition) is 2. The quantitative estimate of drug-likeness (QED) is 0.873. The van der Waals surface area contributed by atoms with Gasteiger partial charge in [0.2, 0.25) is 0 Å². The number of likely N-dealkylation sites (tertiary alicyclic amines) is 1. The normalized spacial score (nSPS) is 20.7. The largest absolute Gasteiger partial charge is 0.445 e. The molecule has 7 nitrogen and oxygen atoms in total. The highest BCUT2D eigenvalue weighted by Crippen LogP contribution is 2.16. The first-order valence-electron chi connectivity index (χ1n) is 8.38. The van der Waals surface area contributed by atoms with Gasteiger partial charge in [0.05, 0.1) is 18.7 Å². The fourth-order valence-electron chi connectivity index (χ4n) is 2.51. The number of nitrogens with zero attached hydrogens (tertiary/aromatic N) is 1. The van der Waals surface area contributed by atoms with Gasteiger partial charge in [-0.05, 0) is 32.8 Å². The second kappa shape index (κ2) is 8.20. The van der Waals surface area contributed by atoms with Gasteiger partial charge in [-0.25, -0.2) is 9.59 Å².